The summed E-state index contributed by atoms with van der Waals surface area (Å²) in [6.07, 6.45) is 0. The van der Waals surface area contributed by atoms with E-state index >= 15 is 0 Å². The minimum atomic E-state index is -0.103. The van der Waals surface area contributed by atoms with Crippen LogP contribution in [0.1, 0.15) is 15.9 Å². The number of methoxy groups -OCH3 is 1. The van der Waals surface area contributed by atoms with Crippen LogP contribution in [-0.4, -0.2) is 20.1 Å². The van der Waals surface area contributed by atoms with Crippen LogP contribution in [-0.2, 0) is 0 Å². The summed E-state index contributed by atoms with van der Waals surface area (Å²) in [4.78, 5) is 14.1. The van der Waals surface area contributed by atoms with Gasteiger partial charge in [0, 0.05) is 30.1 Å². The summed E-state index contributed by atoms with van der Waals surface area (Å²) in [6, 6.07) is 12.7. The highest BCUT2D eigenvalue weighted by molar-refractivity contribution is 6.06. The van der Waals surface area contributed by atoms with Gasteiger partial charge in [-0.25, -0.2) is 0 Å². The van der Waals surface area contributed by atoms with Crippen LogP contribution in [0.2, 0.25) is 0 Å². The predicted molar refractivity (Wildman–Crippen MR) is 81.3 cm³/mol. The second-order valence-corrected chi connectivity index (χ2v) is 4.70. The van der Waals surface area contributed by atoms with Gasteiger partial charge >= 0.3 is 0 Å². The zero-order chi connectivity index (χ0) is 14.7. The molecule has 0 atom stereocenters. The Balaban J connectivity index is 2.31. The van der Waals surface area contributed by atoms with Gasteiger partial charge in [0.25, 0.3) is 5.91 Å². The fraction of sp³-hybridized carbons (Fsp3) is 0.188. The number of nitrogen functional groups attached to an aromatic ring is 1. The fourth-order valence-electron chi connectivity index (χ4n) is 2.07. The maximum absolute atomic E-state index is 12.5. The summed E-state index contributed by atoms with van der Waals surface area (Å²) in [5.74, 6) is 0.611. The van der Waals surface area contributed by atoms with Crippen molar-refractivity contribution in [1.82, 2.24) is 0 Å². The lowest BCUT2D eigenvalue weighted by molar-refractivity contribution is 0.0993. The van der Waals surface area contributed by atoms with E-state index in [0.29, 0.717) is 17.0 Å². The molecule has 0 aromatic heterocycles. The monoisotopic (exact) mass is 270 g/mol. The molecule has 20 heavy (non-hydrogen) atoms. The third-order valence-corrected chi connectivity index (χ3v) is 3.09. The largest absolute Gasteiger partial charge is 0.497 e. The standard InChI is InChI=1S/C16H18N2O2/c1-11-7-12(9-13(17)8-11)16(19)18(2)14-5-4-6-15(10-14)20-3/h4-10H,17H2,1-3H3. The third-order valence-electron chi connectivity index (χ3n) is 3.09. The molecule has 1 amide bonds. The highest BCUT2D eigenvalue weighted by Crippen LogP contribution is 2.22. The molecule has 104 valence electrons. The Hall–Kier alpha value is -2.49. The Bertz CT molecular complexity index is 618. The Labute approximate surface area is 118 Å². The van der Waals surface area contributed by atoms with E-state index in [1.165, 1.54) is 0 Å². The van der Waals surface area contributed by atoms with Gasteiger partial charge in [-0.15, -0.1) is 0 Å². The number of aryl methyl sites for hydroxylation is 1. The Morgan fingerprint density at radius 2 is 1.95 bits per heavy atom. The van der Waals surface area contributed by atoms with Gasteiger partial charge in [0.15, 0.2) is 0 Å². The molecule has 2 rings (SSSR count). The van der Waals surface area contributed by atoms with E-state index in [0.717, 1.165) is 11.3 Å². The van der Waals surface area contributed by atoms with E-state index in [1.807, 2.05) is 43.3 Å². The first-order chi connectivity index (χ1) is 9.51. The number of hydrogen-bond donors (Lipinski definition) is 1. The first kappa shape index (κ1) is 13.9. The highest BCUT2D eigenvalue weighted by Gasteiger charge is 2.14. The van der Waals surface area contributed by atoms with Gasteiger partial charge < -0.3 is 15.4 Å². The average Bonchev–Trinajstić information content (AvgIpc) is 2.44. The quantitative estimate of drug-likeness (QED) is 0.872. The highest BCUT2D eigenvalue weighted by atomic mass is 16.5. The molecule has 0 fully saturated rings. The maximum atomic E-state index is 12.5. The van der Waals surface area contributed by atoms with E-state index in [4.69, 9.17) is 10.5 Å². The number of nitrogens with zero attached hydrogens (tertiary/aromatic N) is 1. The molecule has 0 radical (unpaired) electrons. The molecule has 4 heteroatoms. The molecule has 0 heterocycles. The first-order valence-electron chi connectivity index (χ1n) is 6.30. The van der Waals surface area contributed by atoms with Crippen LogP contribution >= 0.6 is 0 Å². The Morgan fingerprint density at radius 1 is 1.20 bits per heavy atom. The van der Waals surface area contributed by atoms with Gasteiger partial charge in [0.05, 0.1) is 7.11 Å². The van der Waals surface area contributed by atoms with Gasteiger partial charge in [0.1, 0.15) is 5.75 Å². The van der Waals surface area contributed by atoms with E-state index < -0.39 is 0 Å². The number of hydrogen-bond acceptors (Lipinski definition) is 3. The lowest BCUT2D eigenvalue weighted by atomic mass is 10.1. The van der Waals surface area contributed by atoms with E-state index in [9.17, 15) is 4.79 Å². The van der Waals surface area contributed by atoms with Gasteiger partial charge in [-0.05, 0) is 42.8 Å². The number of nitrogens with two attached hydrogens (primary N) is 1. The van der Waals surface area contributed by atoms with Gasteiger partial charge in [-0.3, -0.25) is 4.79 Å². The summed E-state index contributed by atoms with van der Waals surface area (Å²) in [7, 11) is 3.33. The van der Waals surface area contributed by atoms with Gasteiger partial charge in [-0.2, -0.15) is 0 Å². The van der Waals surface area contributed by atoms with Crippen molar-refractivity contribution in [1.29, 1.82) is 0 Å². The summed E-state index contributed by atoms with van der Waals surface area (Å²) in [5, 5.41) is 0. The first-order valence-corrected chi connectivity index (χ1v) is 6.30. The summed E-state index contributed by atoms with van der Waals surface area (Å²) in [6.45, 7) is 1.92. The topological polar surface area (TPSA) is 55.6 Å². The van der Waals surface area contributed by atoms with E-state index in [-0.39, 0.29) is 5.91 Å². The van der Waals surface area contributed by atoms with Gasteiger partial charge in [0.2, 0.25) is 0 Å². The van der Waals surface area contributed by atoms with E-state index in [1.54, 1.807) is 25.1 Å². The Morgan fingerprint density at radius 3 is 2.60 bits per heavy atom. The van der Waals surface area contributed by atoms with Crippen LogP contribution in [0.25, 0.3) is 0 Å². The fourth-order valence-corrected chi connectivity index (χ4v) is 2.07. The second-order valence-electron chi connectivity index (χ2n) is 4.70. The molecule has 0 bridgehead atoms. The summed E-state index contributed by atoms with van der Waals surface area (Å²) in [5.41, 5.74) is 8.70. The number of rotatable bonds is 3. The minimum Gasteiger partial charge on any atom is -0.497 e. The molecule has 2 aromatic rings. The van der Waals surface area contributed by atoms with Crippen molar-refractivity contribution < 1.29 is 9.53 Å². The number of anilines is 2. The molecule has 0 saturated heterocycles. The molecule has 0 aliphatic carbocycles. The van der Waals surface area contributed by atoms with Crippen molar-refractivity contribution >= 4 is 17.3 Å². The zero-order valence-electron chi connectivity index (χ0n) is 11.9. The average molecular weight is 270 g/mol. The molecular weight excluding hydrogens is 252 g/mol. The van der Waals surface area contributed by atoms with Crippen LogP contribution in [0.5, 0.6) is 5.75 Å². The number of ether oxygens (including phenoxy) is 1. The third kappa shape index (κ3) is 2.91. The molecule has 2 N–H and O–H groups in total. The predicted octanol–water partition coefficient (Wildman–Crippen LogP) is 2.86. The van der Waals surface area contributed by atoms with Crippen LogP contribution in [0, 0.1) is 6.92 Å². The molecule has 0 aliphatic heterocycles. The smallest absolute Gasteiger partial charge is 0.258 e. The molecule has 2 aromatic carbocycles. The van der Waals surface area contributed by atoms with Crippen LogP contribution in [0.15, 0.2) is 42.5 Å². The lowest BCUT2D eigenvalue weighted by Crippen LogP contribution is -2.26. The molecule has 0 saturated carbocycles. The molecule has 4 nitrogen and oxygen atoms in total. The van der Waals surface area contributed by atoms with Crippen molar-refractivity contribution in [3.8, 4) is 5.75 Å². The van der Waals surface area contributed by atoms with Crippen LogP contribution in [0.3, 0.4) is 0 Å². The molecule has 0 aliphatic rings. The molecule has 0 spiro atoms. The van der Waals surface area contributed by atoms with Crippen LogP contribution < -0.4 is 15.4 Å². The lowest BCUT2D eigenvalue weighted by Gasteiger charge is -2.18. The van der Waals surface area contributed by atoms with E-state index in [2.05, 4.69) is 0 Å². The van der Waals surface area contributed by atoms with Crippen molar-refractivity contribution in [3.05, 3.63) is 53.6 Å². The number of amides is 1. The molecule has 0 unspecified atom stereocenters. The minimum absolute atomic E-state index is 0.103. The normalized spacial score (nSPS) is 10.2. The van der Waals surface area contributed by atoms with Crippen molar-refractivity contribution in [2.45, 2.75) is 6.92 Å². The Kier molecular flexibility index (Phi) is 3.94. The van der Waals surface area contributed by atoms with Crippen molar-refractivity contribution in [2.24, 2.45) is 0 Å². The number of carbonyl (C=O) groups is 1. The SMILES string of the molecule is COc1cccc(N(C)C(=O)c2cc(C)cc(N)c2)c1. The second kappa shape index (κ2) is 5.65. The number of benzene rings is 2. The van der Waals surface area contributed by atoms with Gasteiger partial charge in [-0.1, -0.05) is 6.07 Å². The number of carbonyl (C=O) groups excluding carboxylic acids is 1. The van der Waals surface area contributed by atoms with Crippen molar-refractivity contribution in [2.75, 3.05) is 24.8 Å². The van der Waals surface area contributed by atoms with Crippen molar-refractivity contribution in [3.63, 3.8) is 0 Å². The maximum Gasteiger partial charge on any atom is 0.258 e. The zero-order valence-corrected chi connectivity index (χ0v) is 11.9. The summed E-state index contributed by atoms with van der Waals surface area (Å²) >= 11 is 0. The summed E-state index contributed by atoms with van der Waals surface area (Å²) < 4.78 is 5.17. The van der Waals surface area contributed by atoms with Crippen LogP contribution in [0.4, 0.5) is 11.4 Å². The molecular formula is C16H18N2O2.